The monoisotopic (exact) mass is 282 g/mol. The average Bonchev–Trinajstić information content (AvgIpc) is 2.95. The van der Waals surface area contributed by atoms with Crippen molar-refractivity contribution in [2.24, 2.45) is 0 Å². The molecule has 110 valence electrons. The molecule has 1 saturated heterocycles. The van der Waals surface area contributed by atoms with E-state index in [9.17, 15) is 14.7 Å². The van der Waals surface area contributed by atoms with Crippen LogP contribution < -0.4 is 0 Å². The van der Waals surface area contributed by atoms with Crippen LogP contribution in [0.5, 0.6) is 0 Å². The Morgan fingerprint density at radius 2 is 2.10 bits per heavy atom. The third kappa shape index (κ3) is 3.06. The Morgan fingerprint density at radius 1 is 1.40 bits per heavy atom. The van der Waals surface area contributed by atoms with Crippen LogP contribution in [0, 0.1) is 0 Å². The summed E-state index contributed by atoms with van der Waals surface area (Å²) in [5, 5.41) is 16.8. The molecule has 0 radical (unpaired) electrons. The van der Waals surface area contributed by atoms with Gasteiger partial charge in [0, 0.05) is 19.2 Å². The number of carbonyl (C=O) groups is 2. The lowest BCUT2D eigenvalue weighted by Gasteiger charge is -2.26. The molecule has 8 nitrogen and oxygen atoms in total. The molecular weight excluding hydrogens is 264 g/mol. The molecule has 1 N–H and O–H groups in total. The zero-order valence-corrected chi connectivity index (χ0v) is 11.7. The zero-order valence-electron chi connectivity index (χ0n) is 11.7. The average molecular weight is 282 g/mol. The largest absolute Gasteiger partial charge is 0.480 e. The van der Waals surface area contributed by atoms with Gasteiger partial charge in [0.05, 0.1) is 12.2 Å². The molecule has 0 bridgehead atoms. The van der Waals surface area contributed by atoms with Crippen molar-refractivity contribution in [1.29, 1.82) is 0 Å². The van der Waals surface area contributed by atoms with Gasteiger partial charge in [-0.15, -0.1) is 5.10 Å². The first kappa shape index (κ1) is 14.3. The van der Waals surface area contributed by atoms with Gasteiger partial charge in [0.1, 0.15) is 11.6 Å². The normalized spacial score (nSPS) is 22.9. The van der Waals surface area contributed by atoms with E-state index >= 15 is 0 Å². The summed E-state index contributed by atoms with van der Waals surface area (Å²) in [4.78, 5) is 24.6. The van der Waals surface area contributed by atoms with Crippen molar-refractivity contribution in [3.63, 3.8) is 0 Å². The molecule has 8 heteroatoms. The fraction of sp³-hybridized carbons (Fsp3) is 0.667. The number of carbonyl (C=O) groups excluding carboxylic acids is 1. The second-order valence-electron chi connectivity index (χ2n) is 5.76. The minimum absolute atomic E-state index is 0.203. The number of carboxylic acid groups (broad SMARTS) is 1. The molecule has 0 aromatic carbocycles. The second-order valence-corrected chi connectivity index (χ2v) is 5.76. The fourth-order valence-corrected chi connectivity index (χ4v) is 2.17. The topological polar surface area (TPSA) is 97.5 Å². The quantitative estimate of drug-likeness (QED) is 0.866. The summed E-state index contributed by atoms with van der Waals surface area (Å²) in [6.07, 6.45) is 2.85. The first-order valence-electron chi connectivity index (χ1n) is 6.36. The molecule has 0 aliphatic carbocycles. The Balaban J connectivity index is 2.14. The summed E-state index contributed by atoms with van der Waals surface area (Å²) in [6.45, 7) is 5.47. The Bertz CT molecular complexity index is 494. The van der Waals surface area contributed by atoms with E-state index in [-0.39, 0.29) is 19.0 Å². The SMILES string of the molecule is CC(C)(C)OC(=O)N1C[C@H](n2ccnn2)C[C@@H]1C(=O)O. The maximum absolute atomic E-state index is 12.1. The highest BCUT2D eigenvalue weighted by Gasteiger charge is 2.42. The van der Waals surface area contributed by atoms with Crippen LogP contribution in [-0.2, 0) is 9.53 Å². The van der Waals surface area contributed by atoms with Gasteiger partial charge >= 0.3 is 12.1 Å². The third-order valence-electron chi connectivity index (χ3n) is 3.01. The van der Waals surface area contributed by atoms with Gasteiger partial charge in [0.2, 0.25) is 0 Å². The van der Waals surface area contributed by atoms with Crippen LogP contribution in [0.4, 0.5) is 4.79 Å². The van der Waals surface area contributed by atoms with Gasteiger partial charge in [0.25, 0.3) is 0 Å². The van der Waals surface area contributed by atoms with Gasteiger partial charge in [-0.25, -0.2) is 14.3 Å². The van der Waals surface area contributed by atoms with E-state index in [1.54, 1.807) is 31.6 Å². The maximum atomic E-state index is 12.1. The standard InChI is InChI=1S/C12H18N4O4/c1-12(2,3)20-11(19)15-7-8(6-9(15)10(17)18)16-5-4-13-14-16/h4-5,8-9H,6-7H2,1-3H3,(H,17,18)/t8-,9-/m1/s1. The third-order valence-corrected chi connectivity index (χ3v) is 3.01. The molecule has 0 unspecified atom stereocenters. The van der Waals surface area contributed by atoms with Crippen LogP contribution in [0.1, 0.15) is 33.2 Å². The number of rotatable bonds is 2. The number of hydrogen-bond acceptors (Lipinski definition) is 5. The number of hydrogen-bond donors (Lipinski definition) is 1. The fourth-order valence-electron chi connectivity index (χ4n) is 2.17. The van der Waals surface area contributed by atoms with E-state index in [1.807, 2.05) is 0 Å². The van der Waals surface area contributed by atoms with E-state index in [0.717, 1.165) is 0 Å². The Labute approximate surface area is 116 Å². The number of carboxylic acids is 1. The summed E-state index contributed by atoms with van der Waals surface area (Å²) in [5.41, 5.74) is -0.661. The van der Waals surface area contributed by atoms with Crippen molar-refractivity contribution in [3.8, 4) is 0 Å². The Kier molecular flexibility index (Phi) is 3.65. The summed E-state index contributed by atoms with van der Waals surface area (Å²) in [5.74, 6) is -1.04. The smallest absolute Gasteiger partial charge is 0.411 e. The summed E-state index contributed by atoms with van der Waals surface area (Å²) < 4.78 is 6.82. The van der Waals surface area contributed by atoms with E-state index < -0.39 is 23.7 Å². The van der Waals surface area contributed by atoms with E-state index in [1.165, 1.54) is 11.1 Å². The molecule has 1 amide bonds. The molecule has 0 saturated carbocycles. The summed E-state index contributed by atoms with van der Waals surface area (Å²) >= 11 is 0. The van der Waals surface area contributed by atoms with Gasteiger partial charge in [-0.3, -0.25) is 4.90 Å². The molecule has 1 aromatic rings. The molecule has 20 heavy (non-hydrogen) atoms. The van der Waals surface area contributed by atoms with Crippen LogP contribution in [0.3, 0.4) is 0 Å². The number of aliphatic carboxylic acids is 1. The van der Waals surface area contributed by atoms with Crippen LogP contribution >= 0.6 is 0 Å². The molecule has 1 fully saturated rings. The number of amides is 1. The van der Waals surface area contributed by atoms with Gasteiger partial charge in [-0.1, -0.05) is 5.21 Å². The molecule has 2 rings (SSSR count). The predicted octanol–water partition coefficient (Wildman–Crippen LogP) is 0.913. The van der Waals surface area contributed by atoms with Crippen molar-refractivity contribution in [1.82, 2.24) is 19.9 Å². The van der Waals surface area contributed by atoms with Gasteiger partial charge < -0.3 is 9.84 Å². The van der Waals surface area contributed by atoms with Crippen molar-refractivity contribution in [2.75, 3.05) is 6.54 Å². The van der Waals surface area contributed by atoms with Crippen LogP contribution in [-0.4, -0.2) is 55.3 Å². The zero-order chi connectivity index (χ0) is 14.9. The first-order valence-corrected chi connectivity index (χ1v) is 6.36. The van der Waals surface area contributed by atoms with Crippen molar-refractivity contribution in [2.45, 2.75) is 44.9 Å². The molecule has 2 atom stereocenters. The molecular formula is C12H18N4O4. The second kappa shape index (κ2) is 5.10. The van der Waals surface area contributed by atoms with Gasteiger partial charge in [0.15, 0.2) is 0 Å². The van der Waals surface area contributed by atoms with Crippen LogP contribution in [0.15, 0.2) is 12.4 Å². The molecule has 1 aromatic heterocycles. The molecule has 2 heterocycles. The molecule has 1 aliphatic heterocycles. The van der Waals surface area contributed by atoms with Crippen LogP contribution in [0.25, 0.3) is 0 Å². The first-order chi connectivity index (χ1) is 9.28. The highest BCUT2D eigenvalue weighted by Crippen LogP contribution is 2.28. The van der Waals surface area contributed by atoms with Gasteiger partial charge in [-0.05, 0) is 20.8 Å². The minimum Gasteiger partial charge on any atom is -0.480 e. The predicted molar refractivity (Wildman–Crippen MR) is 68.0 cm³/mol. The Hall–Kier alpha value is -2.12. The molecule has 1 aliphatic rings. The lowest BCUT2D eigenvalue weighted by atomic mass is 10.2. The lowest BCUT2D eigenvalue weighted by molar-refractivity contribution is -0.142. The number of nitrogens with zero attached hydrogens (tertiary/aromatic N) is 4. The van der Waals surface area contributed by atoms with E-state index in [4.69, 9.17) is 4.74 Å². The Morgan fingerprint density at radius 3 is 2.60 bits per heavy atom. The lowest BCUT2D eigenvalue weighted by Crippen LogP contribution is -2.43. The number of likely N-dealkylation sites (tertiary alicyclic amines) is 1. The van der Waals surface area contributed by atoms with E-state index in [0.29, 0.717) is 0 Å². The van der Waals surface area contributed by atoms with Crippen molar-refractivity contribution in [3.05, 3.63) is 12.4 Å². The highest BCUT2D eigenvalue weighted by atomic mass is 16.6. The highest BCUT2D eigenvalue weighted by molar-refractivity contribution is 5.81. The van der Waals surface area contributed by atoms with Crippen LogP contribution in [0.2, 0.25) is 0 Å². The summed E-state index contributed by atoms with van der Waals surface area (Å²) in [6, 6.07) is -1.11. The van der Waals surface area contributed by atoms with Gasteiger partial charge in [-0.2, -0.15) is 0 Å². The minimum atomic E-state index is -1.04. The maximum Gasteiger partial charge on any atom is 0.411 e. The van der Waals surface area contributed by atoms with Crippen molar-refractivity contribution >= 4 is 12.1 Å². The van der Waals surface area contributed by atoms with Crippen molar-refractivity contribution < 1.29 is 19.4 Å². The summed E-state index contributed by atoms with van der Waals surface area (Å²) in [7, 11) is 0. The number of aromatic nitrogens is 3. The van der Waals surface area contributed by atoms with E-state index in [2.05, 4.69) is 10.3 Å². The number of ether oxygens (including phenoxy) is 1. The molecule has 0 spiro atoms.